The molecule has 0 spiro atoms. The summed E-state index contributed by atoms with van der Waals surface area (Å²) < 4.78 is 13.3. The van der Waals surface area contributed by atoms with Crippen LogP contribution in [0.2, 0.25) is 0 Å². The van der Waals surface area contributed by atoms with Crippen molar-refractivity contribution >= 4 is 11.8 Å². The Morgan fingerprint density at radius 2 is 1.85 bits per heavy atom. The molecule has 0 radical (unpaired) electrons. The molecule has 0 aliphatic carbocycles. The van der Waals surface area contributed by atoms with Crippen molar-refractivity contribution in [3.63, 3.8) is 0 Å². The zero-order valence-corrected chi connectivity index (χ0v) is 16.9. The van der Waals surface area contributed by atoms with E-state index >= 15 is 0 Å². The van der Waals surface area contributed by atoms with Crippen molar-refractivity contribution in [1.29, 1.82) is 0 Å². The summed E-state index contributed by atoms with van der Waals surface area (Å²) in [4.78, 5) is 31.0. The van der Waals surface area contributed by atoms with Crippen molar-refractivity contribution in [3.8, 4) is 0 Å². The van der Waals surface area contributed by atoms with E-state index in [2.05, 4.69) is 4.90 Å². The standard InChI is InChI=1S/C21H32FN3O2/c1-5-24(6-2)21(27)18-10-12-25(13-11-18)16(3)20(26)23(4)15-17-8-7-9-19(22)14-17/h7-9,14,16,18H,5-6,10-13,15H2,1-4H3. The lowest BCUT2D eigenvalue weighted by Crippen LogP contribution is -2.50. The molecule has 1 saturated heterocycles. The molecule has 0 N–H and O–H groups in total. The maximum absolute atomic E-state index is 13.3. The fourth-order valence-corrected chi connectivity index (χ4v) is 3.79. The normalized spacial score (nSPS) is 16.8. The minimum Gasteiger partial charge on any atom is -0.343 e. The Bertz CT molecular complexity index is 640. The van der Waals surface area contributed by atoms with Crippen LogP contribution in [0.1, 0.15) is 39.2 Å². The largest absolute Gasteiger partial charge is 0.343 e. The van der Waals surface area contributed by atoms with E-state index in [1.165, 1.54) is 12.1 Å². The van der Waals surface area contributed by atoms with E-state index in [9.17, 15) is 14.0 Å². The summed E-state index contributed by atoms with van der Waals surface area (Å²) in [6, 6.07) is 6.09. The number of benzene rings is 1. The smallest absolute Gasteiger partial charge is 0.239 e. The molecule has 1 aliphatic rings. The van der Waals surface area contributed by atoms with E-state index in [1.54, 1.807) is 18.0 Å². The predicted octanol–water partition coefficient (Wildman–Crippen LogP) is 2.75. The lowest BCUT2D eigenvalue weighted by Gasteiger charge is -2.37. The van der Waals surface area contributed by atoms with Crippen LogP contribution in [0.5, 0.6) is 0 Å². The number of hydrogen-bond donors (Lipinski definition) is 0. The van der Waals surface area contributed by atoms with E-state index in [4.69, 9.17) is 0 Å². The Balaban J connectivity index is 1.88. The topological polar surface area (TPSA) is 43.9 Å². The first-order valence-corrected chi connectivity index (χ1v) is 9.89. The minimum absolute atomic E-state index is 0.0211. The average Bonchev–Trinajstić information content (AvgIpc) is 2.67. The van der Waals surface area contributed by atoms with Crippen LogP contribution in [0.25, 0.3) is 0 Å². The lowest BCUT2D eigenvalue weighted by molar-refractivity contribution is -0.139. The number of carbonyl (C=O) groups is 2. The highest BCUT2D eigenvalue weighted by molar-refractivity contribution is 5.81. The molecule has 2 amide bonds. The van der Waals surface area contributed by atoms with Crippen LogP contribution in [-0.2, 0) is 16.1 Å². The van der Waals surface area contributed by atoms with Crippen LogP contribution in [0, 0.1) is 11.7 Å². The molecule has 1 unspecified atom stereocenters. The number of piperidine rings is 1. The van der Waals surface area contributed by atoms with E-state index in [0.29, 0.717) is 6.54 Å². The van der Waals surface area contributed by atoms with E-state index in [1.807, 2.05) is 31.7 Å². The third-order valence-electron chi connectivity index (χ3n) is 5.54. The van der Waals surface area contributed by atoms with Crippen molar-refractivity contribution < 1.29 is 14.0 Å². The summed E-state index contributed by atoms with van der Waals surface area (Å²) in [5.41, 5.74) is 0.779. The van der Waals surface area contributed by atoms with Gasteiger partial charge in [-0.15, -0.1) is 0 Å². The van der Waals surface area contributed by atoms with Crippen LogP contribution in [0.15, 0.2) is 24.3 Å². The molecule has 5 nitrogen and oxygen atoms in total. The lowest BCUT2D eigenvalue weighted by atomic mass is 9.94. The van der Waals surface area contributed by atoms with Crippen molar-refractivity contribution in [2.75, 3.05) is 33.2 Å². The van der Waals surface area contributed by atoms with Crippen molar-refractivity contribution in [2.45, 2.75) is 46.2 Å². The van der Waals surface area contributed by atoms with Crippen LogP contribution < -0.4 is 0 Å². The second-order valence-corrected chi connectivity index (χ2v) is 7.32. The molecule has 1 fully saturated rings. The maximum Gasteiger partial charge on any atom is 0.239 e. The number of amides is 2. The second-order valence-electron chi connectivity index (χ2n) is 7.32. The van der Waals surface area contributed by atoms with Gasteiger partial charge in [-0.1, -0.05) is 12.1 Å². The monoisotopic (exact) mass is 377 g/mol. The van der Waals surface area contributed by atoms with Crippen molar-refractivity contribution in [1.82, 2.24) is 14.7 Å². The Morgan fingerprint density at radius 3 is 2.41 bits per heavy atom. The molecule has 1 aromatic rings. The van der Waals surface area contributed by atoms with Crippen molar-refractivity contribution in [2.24, 2.45) is 5.92 Å². The number of rotatable bonds is 7. The van der Waals surface area contributed by atoms with E-state index in [0.717, 1.165) is 44.6 Å². The Hall–Kier alpha value is -1.95. The SMILES string of the molecule is CCN(CC)C(=O)C1CCN(C(C)C(=O)N(C)Cc2cccc(F)c2)CC1. The molecule has 2 rings (SSSR count). The van der Waals surface area contributed by atoms with Crippen molar-refractivity contribution in [3.05, 3.63) is 35.6 Å². The summed E-state index contributed by atoms with van der Waals surface area (Å²) in [6.07, 6.45) is 1.58. The van der Waals surface area contributed by atoms with Crippen LogP contribution in [-0.4, -0.2) is 65.8 Å². The summed E-state index contributed by atoms with van der Waals surface area (Å²) in [5.74, 6) is 0.0319. The van der Waals surface area contributed by atoms with Gasteiger partial charge in [0.2, 0.25) is 11.8 Å². The number of hydrogen-bond acceptors (Lipinski definition) is 3. The first-order valence-electron chi connectivity index (χ1n) is 9.89. The molecule has 1 aromatic carbocycles. The molecular weight excluding hydrogens is 345 g/mol. The predicted molar refractivity (Wildman–Crippen MR) is 105 cm³/mol. The van der Waals surface area contributed by atoms with Gasteiger partial charge in [0, 0.05) is 32.6 Å². The summed E-state index contributed by atoms with van der Waals surface area (Å²) in [7, 11) is 1.75. The molecule has 6 heteroatoms. The molecule has 0 saturated carbocycles. The molecule has 0 bridgehead atoms. The molecule has 27 heavy (non-hydrogen) atoms. The third-order valence-corrected chi connectivity index (χ3v) is 5.54. The number of likely N-dealkylation sites (tertiary alicyclic amines) is 1. The van der Waals surface area contributed by atoms with Gasteiger partial charge < -0.3 is 9.80 Å². The first-order chi connectivity index (χ1) is 12.9. The van der Waals surface area contributed by atoms with Gasteiger partial charge in [-0.2, -0.15) is 0 Å². The molecule has 0 aromatic heterocycles. The van der Waals surface area contributed by atoms with Gasteiger partial charge in [0.25, 0.3) is 0 Å². The van der Waals surface area contributed by atoms with Gasteiger partial charge in [0.15, 0.2) is 0 Å². The zero-order chi connectivity index (χ0) is 20.0. The number of halogens is 1. The summed E-state index contributed by atoms with van der Waals surface area (Å²) >= 11 is 0. The van der Waals surface area contributed by atoms with Gasteiger partial charge >= 0.3 is 0 Å². The zero-order valence-electron chi connectivity index (χ0n) is 16.9. The highest BCUT2D eigenvalue weighted by atomic mass is 19.1. The Morgan fingerprint density at radius 1 is 1.22 bits per heavy atom. The third kappa shape index (κ3) is 5.51. The highest BCUT2D eigenvalue weighted by Gasteiger charge is 2.32. The van der Waals surface area contributed by atoms with Gasteiger partial charge in [0.1, 0.15) is 5.82 Å². The number of nitrogens with zero attached hydrogens (tertiary/aromatic N) is 3. The number of likely N-dealkylation sites (N-methyl/N-ethyl adjacent to an activating group) is 1. The van der Waals surface area contributed by atoms with Gasteiger partial charge in [0.05, 0.1) is 6.04 Å². The highest BCUT2D eigenvalue weighted by Crippen LogP contribution is 2.22. The van der Waals surface area contributed by atoms with Gasteiger partial charge in [-0.05, 0) is 64.4 Å². The first kappa shape index (κ1) is 21.4. The minimum atomic E-state index is -0.290. The number of carbonyl (C=O) groups excluding carboxylic acids is 2. The second kappa shape index (κ2) is 9.83. The average molecular weight is 378 g/mol. The molecule has 150 valence electrons. The van der Waals surface area contributed by atoms with Gasteiger partial charge in [-0.3, -0.25) is 14.5 Å². The maximum atomic E-state index is 13.3. The van der Waals surface area contributed by atoms with E-state index in [-0.39, 0.29) is 29.6 Å². The molecule has 1 aliphatic heterocycles. The quantitative estimate of drug-likeness (QED) is 0.734. The Kier molecular flexibility index (Phi) is 7.78. The Labute approximate surface area is 162 Å². The summed E-state index contributed by atoms with van der Waals surface area (Å²) in [5, 5.41) is 0. The van der Waals surface area contributed by atoms with Gasteiger partial charge in [-0.25, -0.2) is 4.39 Å². The molecule has 1 heterocycles. The fourth-order valence-electron chi connectivity index (χ4n) is 3.79. The van der Waals surface area contributed by atoms with E-state index < -0.39 is 0 Å². The fraction of sp³-hybridized carbons (Fsp3) is 0.619. The molecular formula is C21H32FN3O2. The van der Waals surface area contributed by atoms with Crippen LogP contribution in [0.3, 0.4) is 0 Å². The van der Waals surface area contributed by atoms with Crippen LogP contribution >= 0.6 is 0 Å². The summed E-state index contributed by atoms with van der Waals surface area (Å²) in [6.45, 7) is 9.30. The van der Waals surface area contributed by atoms with Crippen LogP contribution in [0.4, 0.5) is 4.39 Å². The molecule has 1 atom stereocenters.